The number of hydrogen-bond donors (Lipinski definition) is 1. The maximum atomic E-state index is 12.5. The van der Waals surface area contributed by atoms with Gasteiger partial charge in [-0.05, 0) is 30.3 Å². The van der Waals surface area contributed by atoms with Crippen molar-refractivity contribution in [3.63, 3.8) is 0 Å². The lowest BCUT2D eigenvalue weighted by Gasteiger charge is -2.26. The van der Waals surface area contributed by atoms with Crippen molar-refractivity contribution >= 4 is 28.5 Å². The number of furan rings is 1. The molecule has 0 aliphatic carbocycles. The zero-order valence-electron chi connectivity index (χ0n) is 12.2. The maximum Gasteiger partial charge on any atom is 0.287 e. The third-order valence-electron chi connectivity index (χ3n) is 3.97. The van der Waals surface area contributed by atoms with Gasteiger partial charge in [0.15, 0.2) is 5.76 Å². The van der Waals surface area contributed by atoms with Crippen LogP contribution in [0, 0.1) is 0 Å². The van der Waals surface area contributed by atoms with Crippen LogP contribution in [0.2, 0.25) is 5.02 Å². The van der Waals surface area contributed by atoms with Crippen molar-refractivity contribution in [2.45, 2.75) is 12.5 Å². The van der Waals surface area contributed by atoms with Gasteiger partial charge in [0.25, 0.3) is 5.91 Å². The van der Waals surface area contributed by atoms with Crippen molar-refractivity contribution in [3.05, 3.63) is 64.9 Å². The molecule has 116 valence electrons. The number of para-hydroxylation sites is 1. The quantitative estimate of drug-likeness (QED) is 0.761. The van der Waals surface area contributed by atoms with Gasteiger partial charge in [-0.2, -0.15) is 0 Å². The molecule has 2 aromatic carbocycles. The Morgan fingerprint density at radius 1 is 1.17 bits per heavy atom. The fraction of sp³-hybridized carbons (Fsp3) is 0.167. The fourth-order valence-electron chi connectivity index (χ4n) is 2.85. The molecule has 1 amide bonds. The summed E-state index contributed by atoms with van der Waals surface area (Å²) in [5, 5.41) is 4.45. The first-order valence-corrected chi connectivity index (χ1v) is 7.80. The number of benzene rings is 2. The van der Waals surface area contributed by atoms with Crippen molar-refractivity contribution in [2.75, 3.05) is 6.61 Å². The van der Waals surface area contributed by atoms with Crippen molar-refractivity contribution in [1.29, 1.82) is 0 Å². The second kappa shape index (κ2) is 5.63. The minimum Gasteiger partial charge on any atom is -0.493 e. The third-order valence-corrected chi connectivity index (χ3v) is 4.20. The van der Waals surface area contributed by atoms with E-state index in [4.69, 9.17) is 20.8 Å². The summed E-state index contributed by atoms with van der Waals surface area (Å²) in [6, 6.07) is 14.7. The molecule has 1 unspecified atom stereocenters. The summed E-state index contributed by atoms with van der Waals surface area (Å²) in [4.78, 5) is 12.5. The van der Waals surface area contributed by atoms with E-state index >= 15 is 0 Å². The second-order valence-corrected chi connectivity index (χ2v) is 5.93. The van der Waals surface area contributed by atoms with E-state index < -0.39 is 0 Å². The van der Waals surface area contributed by atoms with E-state index in [9.17, 15) is 4.79 Å². The van der Waals surface area contributed by atoms with E-state index in [1.807, 2.05) is 24.3 Å². The first-order chi connectivity index (χ1) is 11.2. The predicted octanol–water partition coefficient (Wildman–Crippen LogP) is 4.34. The molecule has 0 saturated carbocycles. The van der Waals surface area contributed by atoms with Crippen molar-refractivity contribution in [2.24, 2.45) is 0 Å². The number of fused-ring (bicyclic) bond motifs is 2. The number of ether oxygens (including phenoxy) is 1. The summed E-state index contributed by atoms with van der Waals surface area (Å²) >= 11 is 5.96. The average molecular weight is 328 g/mol. The van der Waals surface area contributed by atoms with Gasteiger partial charge >= 0.3 is 0 Å². The molecule has 0 spiro atoms. The lowest BCUT2D eigenvalue weighted by atomic mass is 10.0. The van der Waals surface area contributed by atoms with Crippen LogP contribution < -0.4 is 10.1 Å². The van der Waals surface area contributed by atoms with E-state index in [1.54, 1.807) is 24.3 Å². The lowest BCUT2D eigenvalue weighted by Crippen LogP contribution is -2.31. The van der Waals surface area contributed by atoms with Gasteiger partial charge in [0.05, 0.1) is 12.6 Å². The Bertz CT molecular complexity index is 887. The molecule has 2 heterocycles. The van der Waals surface area contributed by atoms with E-state index in [0.717, 1.165) is 23.1 Å². The number of hydrogen-bond acceptors (Lipinski definition) is 3. The van der Waals surface area contributed by atoms with Gasteiger partial charge in [-0.15, -0.1) is 0 Å². The smallest absolute Gasteiger partial charge is 0.287 e. The highest BCUT2D eigenvalue weighted by molar-refractivity contribution is 6.31. The summed E-state index contributed by atoms with van der Waals surface area (Å²) < 4.78 is 11.2. The highest BCUT2D eigenvalue weighted by Crippen LogP contribution is 2.32. The highest BCUT2D eigenvalue weighted by Gasteiger charge is 2.24. The van der Waals surface area contributed by atoms with Gasteiger partial charge in [0, 0.05) is 22.4 Å². The lowest BCUT2D eigenvalue weighted by molar-refractivity contribution is 0.0899. The van der Waals surface area contributed by atoms with Crippen LogP contribution in [0.3, 0.4) is 0 Å². The minimum absolute atomic E-state index is 0.0794. The van der Waals surface area contributed by atoms with Crippen LogP contribution in [-0.4, -0.2) is 12.5 Å². The highest BCUT2D eigenvalue weighted by atomic mass is 35.5. The van der Waals surface area contributed by atoms with Gasteiger partial charge in [-0.1, -0.05) is 29.8 Å². The fourth-order valence-corrected chi connectivity index (χ4v) is 3.03. The first kappa shape index (κ1) is 14.2. The number of amides is 1. The molecule has 4 rings (SSSR count). The van der Waals surface area contributed by atoms with Crippen LogP contribution in [0.15, 0.2) is 52.9 Å². The van der Waals surface area contributed by atoms with Gasteiger partial charge in [-0.3, -0.25) is 4.79 Å². The van der Waals surface area contributed by atoms with E-state index in [-0.39, 0.29) is 17.7 Å². The number of carbonyl (C=O) groups is 1. The monoisotopic (exact) mass is 327 g/mol. The van der Waals surface area contributed by atoms with Gasteiger partial charge in [-0.25, -0.2) is 0 Å². The van der Waals surface area contributed by atoms with Crippen molar-refractivity contribution in [1.82, 2.24) is 5.32 Å². The van der Waals surface area contributed by atoms with Crippen LogP contribution in [0.1, 0.15) is 28.6 Å². The largest absolute Gasteiger partial charge is 0.493 e. The molecule has 3 aromatic rings. The molecule has 1 atom stereocenters. The van der Waals surface area contributed by atoms with Gasteiger partial charge in [0.2, 0.25) is 0 Å². The van der Waals surface area contributed by atoms with Crippen LogP contribution in [0.4, 0.5) is 0 Å². The first-order valence-electron chi connectivity index (χ1n) is 7.42. The zero-order chi connectivity index (χ0) is 15.8. The Morgan fingerprint density at radius 3 is 2.96 bits per heavy atom. The van der Waals surface area contributed by atoms with E-state index in [1.165, 1.54) is 0 Å². The molecule has 0 saturated heterocycles. The zero-order valence-corrected chi connectivity index (χ0v) is 13.0. The summed E-state index contributed by atoms with van der Waals surface area (Å²) in [5.41, 5.74) is 1.64. The number of carbonyl (C=O) groups excluding carboxylic acids is 1. The van der Waals surface area contributed by atoms with Crippen LogP contribution in [0.5, 0.6) is 5.75 Å². The topological polar surface area (TPSA) is 51.5 Å². The van der Waals surface area contributed by atoms with Gasteiger partial charge < -0.3 is 14.5 Å². The maximum absolute atomic E-state index is 12.5. The molecule has 0 bridgehead atoms. The standard InChI is InChI=1S/C18H14ClNO3/c19-12-5-6-15-11(9-12)10-17(23-15)18(21)20-14-7-8-22-16-4-2-1-3-13(14)16/h1-6,9-10,14H,7-8H2,(H,20,21). The Labute approximate surface area is 138 Å². The van der Waals surface area contributed by atoms with E-state index in [2.05, 4.69) is 5.32 Å². The predicted molar refractivity (Wildman–Crippen MR) is 88.0 cm³/mol. The summed E-state index contributed by atoms with van der Waals surface area (Å²) in [5.74, 6) is 0.866. The molecule has 1 aromatic heterocycles. The van der Waals surface area contributed by atoms with Gasteiger partial charge in [0.1, 0.15) is 11.3 Å². The number of nitrogens with one attached hydrogen (secondary N) is 1. The number of rotatable bonds is 2. The Hall–Kier alpha value is -2.46. The molecule has 1 N–H and O–H groups in total. The Morgan fingerprint density at radius 2 is 2.04 bits per heavy atom. The number of halogens is 1. The molecule has 1 aliphatic heterocycles. The van der Waals surface area contributed by atoms with Crippen LogP contribution >= 0.6 is 11.6 Å². The summed E-state index contributed by atoms with van der Waals surface area (Å²) in [7, 11) is 0. The molecular weight excluding hydrogens is 314 g/mol. The SMILES string of the molecule is O=C(NC1CCOc2ccccc21)c1cc2cc(Cl)ccc2o1. The minimum atomic E-state index is -0.237. The van der Waals surface area contributed by atoms with Crippen LogP contribution in [-0.2, 0) is 0 Å². The molecule has 5 heteroatoms. The summed E-state index contributed by atoms with van der Waals surface area (Å²) in [6.07, 6.45) is 0.731. The molecule has 1 aliphatic rings. The Balaban J connectivity index is 1.60. The average Bonchev–Trinajstić information content (AvgIpc) is 2.98. The van der Waals surface area contributed by atoms with Crippen LogP contribution in [0.25, 0.3) is 11.0 Å². The normalized spacial score (nSPS) is 16.7. The molecule has 0 fully saturated rings. The summed E-state index contributed by atoms with van der Waals surface area (Å²) in [6.45, 7) is 0.581. The van der Waals surface area contributed by atoms with Crippen molar-refractivity contribution in [3.8, 4) is 5.75 Å². The molecule has 0 radical (unpaired) electrons. The molecule has 23 heavy (non-hydrogen) atoms. The van der Waals surface area contributed by atoms with E-state index in [0.29, 0.717) is 17.2 Å². The third kappa shape index (κ3) is 2.66. The van der Waals surface area contributed by atoms with Crippen molar-refractivity contribution < 1.29 is 13.9 Å². The molecular formula is C18H14ClNO3. The second-order valence-electron chi connectivity index (χ2n) is 5.49. The molecule has 4 nitrogen and oxygen atoms in total. The Kier molecular flexibility index (Phi) is 3.46.